The smallest absolute Gasteiger partial charge is 0.0491 e. The van der Waals surface area contributed by atoms with Gasteiger partial charge in [0.1, 0.15) is 0 Å². The van der Waals surface area contributed by atoms with Gasteiger partial charge in [-0.2, -0.15) is 0 Å². The number of hydrogen-bond donors (Lipinski definition) is 1. The van der Waals surface area contributed by atoms with E-state index in [9.17, 15) is 0 Å². The first-order valence-corrected chi connectivity index (χ1v) is 8.37. The molecule has 0 amide bonds. The summed E-state index contributed by atoms with van der Waals surface area (Å²) in [5.74, 6) is 0.837. The first-order chi connectivity index (χ1) is 8.83. The fourth-order valence-electron chi connectivity index (χ4n) is 2.63. The highest BCUT2D eigenvalue weighted by Gasteiger charge is 2.30. The molecule has 0 atom stereocenters. The summed E-state index contributed by atoms with van der Waals surface area (Å²) in [7, 11) is 0. The summed E-state index contributed by atoms with van der Waals surface area (Å²) in [5.41, 5.74) is 1.64. The van der Waals surface area contributed by atoms with E-state index in [-0.39, 0.29) is 0 Å². The Morgan fingerprint density at radius 2 is 2.06 bits per heavy atom. The molecule has 2 fully saturated rings. The number of halogens is 1. The van der Waals surface area contributed by atoms with Crippen LogP contribution >= 0.6 is 27.3 Å². The van der Waals surface area contributed by atoms with Gasteiger partial charge in [0.05, 0.1) is 0 Å². The second-order valence-electron chi connectivity index (χ2n) is 5.48. The second kappa shape index (κ2) is 4.32. The molecule has 0 radical (unpaired) electrons. The van der Waals surface area contributed by atoms with E-state index in [2.05, 4.69) is 39.4 Å². The van der Waals surface area contributed by atoms with E-state index >= 15 is 0 Å². The van der Waals surface area contributed by atoms with E-state index in [4.69, 9.17) is 0 Å². The molecule has 0 saturated heterocycles. The van der Waals surface area contributed by atoms with Gasteiger partial charge in [0.15, 0.2) is 0 Å². The van der Waals surface area contributed by atoms with Gasteiger partial charge in [-0.15, -0.1) is 11.3 Å². The Bertz CT molecular complexity index is 596. The maximum atomic E-state index is 3.70. The van der Waals surface area contributed by atoms with Crippen molar-refractivity contribution in [2.24, 2.45) is 0 Å². The molecule has 1 N–H and O–H groups in total. The minimum absolute atomic E-state index is 0.797. The van der Waals surface area contributed by atoms with Crippen molar-refractivity contribution in [1.29, 1.82) is 0 Å². The number of hydrogen-bond acceptors (Lipinski definition) is 2. The largest absolute Gasteiger partial charge is 0.309 e. The van der Waals surface area contributed by atoms with Crippen molar-refractivity contribution in [3.63, 3.8) is 0 Å². The summed E-state index contributed by atoms with van der Waals surface area (Å²) in [6, 6.07) is 7.42. The van der Waals surface area contributed by atoms with Crippen molar-refractivity contribution in [2.45, 2.75) is 44.2 Å². The molecule has 0 bridgehead atoms. The number of fused-ring (bicyclic) bond motifs is 1. The zero-order chi connectivity index (χ0) is 12.1. The molecule has 1 nitrogen and oxygen atoms in total. The third-order valence-electron chi connectivity index (χ3n) is 3.90. The average Bonchev–Trinajstić information content (AvgIpc) is 3.26. The molecule has 0 aliphatic heterocycles. The van der Waals surface area contributed by atoms with Crippen LogP contribution in [0.3, 0.4) is 0 Å². The van der Waals surface area contributed by atoms with E-state index in [1.165, 1.54) is 40.2 Å². The van der Waals surface area contributed by atoms with Gasteiger partial charge in [0, 0.05) is 26.6 Å². The lowest BCUT2D eigenvalue weighted by Crippen LogP contribution is -2.15. The van der Waals surface area contributed by atoms with Crippen molar-refractivity contribution < 1.29 is 0 Å². The highest BCUT2D eigenvalue weighted by atomic mass is 79.9. The summed E-state index contributed by atoms with van der Waals surface area (Å²) in [6.45, 7) is 1.07. The third-order valence-corrected chi connectivity index (χ3v) is 6.07. The molecule has 1 aromatic heterocycles. The molecular weight excluding hydrogens is 306 g/mol. The summed E-state index contributed by atoms with van der Waals surface area (Å²) < 4.78 is 2.69. The van der Waals surface area contributed by atoms with Crippen LogP contribution in [0.2, 0.25) is 0 Å². The van der Waals surface area contributed by atoms with Crippen LogP contribution in [0.5, 0.6) is 0 Å². The van der Waals surface area contributed by atoms with E-state index in [0.717, 1.165) is 18.5 Å². The molecule has 94 valence electrons. The van der Waals surface area contributed by atoms with Gasteiger partial charge in [0.25, 0.3) is 0 Å². The van der Waals surface area contributed by atoms with Gasteiger partial charge in [-0.25, -0.2) is 0 Å². The zero-order valence-corrected chi connectivity index (χ0v) is 12.6. The van der Waals surface area contributed by atoms with Gasteiger partial charge < -0.3 is 5.32 Å². The van der Waals surface area contributed by atoms with Gasteiger partial charge >= 0.3 is 0 Å². The van der Waals surface area contributed by atoms with Crippen molar-refractivity contribution >= 4 is 37.4 Å². The minimum Gasteiger partial charge on any atom is -0.309 e. The first-order valence-electron chi connectivity index (χ1n) is 6.76. The summed E-state index contributed by atoms with van der Waals surface area (Å²) >= 11 is 5.68. The molecular formula is C15H16BrNS. The summed E-state index contributed by atoms with van der Waals surface area (Å²) in [4.78, 5) is 1.58. The summed E-state index contributed by atoms with van der Waals surface area (Å²) in [6.07, 6.45) is 5.50. The predicted octanol–water partition coefficient (Wildman–Crippen LogP) is 4.79. The molecule has 1 aromatic carbocycles. The topological polar surface area (TPSA) is 12.0 Å². The Labute approximate surface area is 120 Å². The van der Waals surface area contributed by atoms with E-state index < -0.39 is 0 Å². The number of rotatable bonds is 4. The van der Waals surface area contributed by atoms with Gasteiger partial charge in [-0.3, -0.25) is 0 Å². The lowest BCUT2D eigenvalue weighted by molar-refractivity contribution is 0.691. The van der Waals surface area contributed by atoms with Crippen LogP contribution in [0.25, 0.3) is 10.1 Å². The quantitative estimate of drug-likeness (QED) is 0.853. The van der Waals surface area contributed by atoms with Crippen LogP contribution in [-0.4, -0.2) is 6.04 Å². The van der Waals surface area contributed by atoms with E-state index in [1.807, 2.05) is 11.3 Å². The third kappa shape index (κ3) is 2.02. The Balaban J connectivity index is 1.78. The minimum atomic E-state index is 0.797. The van der Waals surface area contributed by atoms with Crippen LogP contribution in [0.15, 0.2) is 22.7 Å². The van der Waals surface area contributed by atoms with Crippen molar-refractivity contribution in [3.05, 3.63) is 33.1 Å². The first kappa shape index (κ1) is 11.4. The van der Waals surface area contributed by atoms with E-state index in [1.54, 1.807) is 10.4 Å². The maximum Gasteiger partial charge on any atom is 0.0491 e. The highest BCUT2D eigenvalue weighted by molar-refractivity contribution is 9.10. The standard InChI is InChI=1S/C15H16BrNS/c16-12-3-1-2-11-14(9-4-5-9)13(18-15(11)12)8-17-10-6-7-10/h1-3,9-10,17H,4-8H2. The maximum absolute atomic E-state index is 3.70. The molecule has 4 rings (SSSR count). The van der Waals surface area contributed by atoms with Crippen molar-refractivity contribution in [2.75, 3.05) is 0 Å². The lowest BCUT2D eigenvalue weighted by Gasteiger charge is -2.04. The molecule has 1 heterocycles. The van der Waals surface area contributed by atoms with Crippen molar-refractivity contribution in [3.8, 4) is 0 Å². The molecule has 3 heteroatoms. The normalized spacial score (nSPS) is 19.6. The van der Waals surface area contributed by atoms with E-state index in [0.29, 0.717) is 0 Å². The van der Waals surface area contributed by atoms with Crippen LogP contribution < -0.4 is 5.32 Å². The van der Waals surface area contributed by atoms with Gasteiger partial charge in [-0.05, 0) is 64.5 Å². The fraction of sp³-hybridized carbons (Fsp3) is 0.467. The highest BCUT2D eigenvalue weighted by Crippen LogP contribution is 2.49. The van der Waals surface area contributed by atoms with Crippen LogP contribution in [0, 0.1) is 0 Å². The monoisotopic (exact) mass is 321 g/mol. The Kier molecular flexibility index (Phi) is 2.75. The van der Waals surface area contributed by atoms with Gasteiger partial charge in [0.2, 0.25) is 0 Å². The number of benzene rings is 1. The molecule has 2 aliphatic carbocycles. The van der Waals surface area contributed by atoms with Crippen molar-refractivity contribution in [1.82, 2.24) is 5.32 Å². The molecule has 2 aliphatic rings. The van der Waals surface area contributed by atoms with Crippen LogP contribution in [-0.2, 0) is 6.54 Å². The lowest BCUT2D eigenvalue weighted by atomic mass is 10.1. The fourth-order valence-corrected chi connectivity index (χ4v) is 4.48. The number of thiophene rings is 1. The molecule has 2 aromatic rings. The zero-order valence-electron chi connectivity index (χ0n) is 10.2. The average molecular weight is 322 g/mol. The SMILES string of the molecule is Brc1cccc2c(C3CC3)c(CNC3CC3)sc12. The Morgan fingerprint density at radius 3 is 2.78 bits per heavy atom. The number of nitrogens with one attached hydrogen (secondary N) is 1. The van der Waals surface area contributed by atoms with Crippen LogP contribution in [0.1, 0.15) is 42.0 Å². The molecule has 2 saturated carbocycles. The second-order valence-corrected chi connectivity index (χ2v) is 7.44. The Hall–Kier alpha value is -0.380. The summed E-state index contributed by atoms with van der Waals surface area (Å²) in [5, 5.41) is 5.16. The molecule has 18 heavy (non-hydrogen) atoms. The Morgan fingerprint density at radius 1 is 1.22 bits per heavy atom. The van der Waals surface area contributed by atoms with Crippen LogP contribution in [0.4, 0.5) is 0 Å². The predicted molar refractivity (Wildman–Crippen MR) is 81.4 cm³/mol. The molecule has 0 unspecified atom stereocenters. The molecule has 0 spiro atoms. The van der Waals surface area contributed by atoms with Gasteiger partial charge in [-0.1, -0.05) is 12.1 Å².